The van der Waals surface area contributed by atoms with Crippen molar-refractivity contribution in [1.82, 2.24) is 0 Å². The fourth-order valence-corrected chi connectivity index (χ4v) is 2.57. The summed E-state index contributed by atoms with van der Waals surface area (Å²) in [7, 11) is 0. The maximum absolute atomic E-state index is 13.2. The van der Waals surface area contributed by atoms with Gasteiger partial charge >= 0.3 is 0 Å². The molecular weight excluding hydrogens is 359 g/mol. The smallest absolute Gasteiger partial charge is 0.160 e. The number of rotatable bonds is 3. The van der Waals surface area contributed by atoms with Gasteiger partial charge in [0.05, 0.1) is 10.0 Å². The Morgan fingerprint density at radius 3 is 2.21 bits per heavy atom. The molecule has 0 aliphatic rings. The zero-order valence-electron chi connectivity index (χ0n) is 9.48. The molecule has 0 radical (unpaired) electrons. The van der Waals surface area contributed by atoms with Gasteiger partial charge in [0.1, 0.15) is 5.82 Å². The third-order valence-electron chi connectivity index (χ3n) is 2.40. The van der Waals surface area contributed by atoms with Gasteiger partial charge in [0.2, 0.25) is 0 Å². The summed E-state index contributed by atoms with van der Waals surface area (Å²) in [5.41, 5.74) is 1.31. The van der Waals surface area contributed by atoms with E-state index >= 15 is 0 Å². The Labute approximate surface area is 127 Å². The Morgan fingerprint density at radius 2 is 1.63 bits per heavy atom. The van der Waals surface area contributed by atoms with E-state index in [0.717, 1.165) is 5.56 Å². The maximum atomic E-state index is 13.2. The van der Waals surface area contributed by atoms with Crippen LogP contribution in [0.1, 0.15) is 5.56 Å². The van der Waals surface area contributed by atoms with Crippen molar-refractivity contribution in [3.63, 3.8) is 0 Å². The fraction of sp³-hybridized carbons (Fsp3) is 0.0769. The first-order valence-corrected chi connectivity index (χ1v) is 6.84. The highest BCUT2D eigenvalue weighted by Gasteiger charge is 2.07. The van der Waals surface area contributed by atoms with Crippen molar-refractivity contribution in [2.45, 2.75) is 6.54 Å². The monoisotopic (exact) mass is 365 g/mol. The molecule has 0 saturated heterocycles. The second-order valence-corrected chi connectivity index (χ2v) is 5.62. The molecule has 0 amide bonds. The highest BCUT2D eigenvalue weighted by atomic mass is 79.9. The first kappa shape index (κ1) is 14.6. The molecule has 1 N–H and O–H groups in total. The lowest BCUT2D eigenvalue weighted by atomic mass is 10.2. The van der Waals surface area contributed by atoms with E-state index in [-0.39, 0.29) is 15.9 Å². The van der Waals surface area contributed by atoms with E-state index in [4.69, 9.17) is 23.2 Å². The van der Waals surface area contributed by atoms with Crippen molar-refractivity contribution in [3.8, 4) is 0 Å². The van der Waals surface area contributed by atoms with Gasteiger partial charge in [-0.2, -0.15) is 0 Å². The molecule has 0 spiro atoms. The molecule has 0 saturated carbocycles. The molecule has 0 atom stereocenters. The van der Waals surface area contributed by atoms with Crippen molar-refractivity contribution < 1.29 is 8.78 Å². The van der Waals surface area contributed by atoms with Crippen molar-refractivity contribution in [2.24, 2.45) is 0 Å². The number of halogens is 5. The van der Waals surface area contributed by atoms with Crippen LogP contribution in [0.4, 0.5) is 14.5 Å². The highest BCUT2D eigenvalue weighted by Crippen LogP contribution is 2.27. The number of anilines is 1. The summed E-state index contributed by atoms with van der Waals surface area (Å²) >= 11 is 14.6. The van der Waals surface area contributed by atoms with Gasteiger partial charge in [0.15, 0.2) is 5.82 Å². The molecule has 2 aromatic rings. The predicted molar refractivity (Wildman–Crippen MR) is 77.8 cm³/mol. The standard InChI is InChI=1S/C13H8BrCl2F2N/c14-8-1-7(2-9(17)3-8)6-19-10-4-11(15)13(18)12(16)5-10/h1-5,19H,6H2. The fourth-order valence-electron chi connectivity index (χ4n) is 1.57. The Morgan fingerprint density at radius 1 is 1.00 bits per heavy atom. The molecule has 0 aliphatic carbocycles. The SMILES string of the molecule is Fc1cc(Br)cc(CNc2cc(Cl)c(F)c(Cl)c2)c1. The average molecular weight is 367 g/mol. The van der Waals surface area contributed by atoms with Crippen LogP contribution in [0.15, 0.2) is 34.8 Å². The summed E-state index contributed by atoms with van der Waals surface area (Å²) in [6.07, 6.45) is 0. The van der Waals surface area contributed by atoms with Crippen LogP contribution in [-0.2, 0) is 6.54 Å². The topological polar surface area (TPSA) is 12.0 Å². The zero-order valence-corrected chi connectivity index (χ0v) is 12.6. The Bertz CT molecular complexity index is 576. The van der Waals surface area contributed by atoms with Gasteiger partial charge < -0.3 is 5.32 Å². The zero-order chi connectivity index (χ0) is 14.0. The van der Waals surface area contributed by atoms with E-state index in [0.29, 0.717) is 16.7 Å². The Balaban J connectivity index is 2.14. The highest BCUT2D eigenvalue weighted by molar-refractivity contribution is 9.10. The minimum absolute atomic E-state index is 0.0598. The van der Waals surface area contributed by atoms with Crippen LogP contribution < -0.4 is 5.32 Å². The van der Waals surface area contributed by atoms with E-state index in [2.05, 4.69) is 21.2 Å². The third kappa shape index (κ3) is 3.81. The molecule has 19 heavy (non-hydrogen) atoms. The first-order valence-electron chi connectivity index (χ1n) is 5.29. The van der Waals surface area contributed by atoms with Crippen molar-refractivity contribution in [1.29, 1.82) is 0 Å². The van der Waals surface area contributed by atoms with Crippen LogP contribution in [0.5, 0.6) is 0 Å². The van der Waals surface area contributed by atoms with Gasteiger partial charge in [-0.3, -0.25) is 0 Å². The van der Waals surface area contributed by atoms with E-state index in [1.807, 2.05) is 0 Å². The van der Waals surface area contributed by atoms with Gasteiger partial charge in [-0.1, -0.05) is 39.1 Å². The number of nitrogens with one attached hydrogen (secondary N) is 1. The molecule has 6 heteroatoms. The van der Waals surface area contributed by atoms with Gasteiger partial charge in [-0.05, 0) is 35.9 Å². The predicted octanol–water partition coefficient (Wildman–Crippen LogP) is 5.65. The largest absolute Gasteiger partial charge is 0.381 e. The molecule has 0 aromatic heterocycles. The van der Waals surface area contributed by atoms with Crippen LogP contribution in [0.25, 0.3) is 0 Å². The molecule has 0 aliphatic heterocycles. The summed E-state index contributed by atoms with van der Waals surface area (Å²) in [6.45, 7) is 0.370. The molecule has 2 rings (SSSR count). The van der Waals surface area contributed by atoms with Crippen molar-refractivity contribution >= 4 is 44.8 Å². The second kappa shape index (κ2) is 6.07. The van der Waals surface area contributed by atoms with Gasteiger partial charge in [-0.25, -0.2) is 8.78 Å². The summed E-state index contributed by atoms with van der Waals surface area (Å²) < 4.78 is 27.1. The van der Waals surface area contributed by atoms with Gasteiger partial charge in [-0.15, -0.1) is 0 Å². The maximum Gasteiger partial charge on any atom is 0.160 e. The van der Waals surface area contributed by atoms with Crippen LogP contribution in [0, 0.1) is 11.6 Å². The molecular formula is C13H8BrCl2F2N. The molecule has 0 unspecified atom stereocenters. The minimum Gasteiger partial charge on any atom is -0.381 e. The molecule has 2 aromatic carbocycles. The van der Waals surface area contributed by atoms with E-state index in [1.54, 1.807) is 6.07 Å². The van der Waals surface area contributed by atoms with Crippen LogP contribution in [-0.4, -0.2) is 0 Å². The lowest BCUT2D eigenvalue weighted by molar-refractivity contribution is 0.625. The van der Waals surface area contributed by atoms with Crippen LogP contribution in [0.2, 0.25) is 10.0 Å². The number of hydrogen-bond acceptors (Lipinski definition) is 1. The van der Waals surface area contributed by atoms with Crippen LogP contribution in [0.3, 0.4) is 0 Å². The van der Waals surface area contributed by atoms with E-state index in [9.17, 15) is 8.78 Å². The van der Waals surface area contributed by atoms with E-state index < -0.39 is 5.82 Å². The van der Waals surface area contributed by atoms with Gasteiger partial charge in [0, 0.05) is 16.7 Å². The second-order valence-electron chi connectivity index (χ2n) is 3.89. The lowest BCUT2D eigenvalue weighted by Gasteiger charge is -2.09. The summed E-state index contributed by atoms with van der Waals surface area (Å²) in [6, 6.07) is 7.41. The lowest BCUT2D eigenvalue weighted by Crippen LogP contribution is -2.00. The third-order valence-corrected chi connectivity index (χ3v) is 3.41. The van der Waals surface area contributed by atoms with Crippen LogP contribution >= 0.6 is 39.1 Å². The number of hydrogen-bond donors (Lipinski definition) is 1. The van der Waals surface area contributed by atoms with Crippen molar-refractivity contribution in [3.05, 3.63) is 62.0 Å². The van der Waals surface area contributed by atoms with Crippen molar-refractivity contribution in [2.75, 3.05) is 5.32 Å². The minimum atomic E-state index is -0.651. The summed E-state index contributed by atoms with van der Waals surface area (Å²) in [5, 5.41) is 2.88. The number of benzene rings is 2. The molecule has 100 valence electrons. The van der Waals surface area contributed by atoms with Gasteiger partial charge in [0.25, 0.3) is 0 Å². The van der Waals surface area contributed by atoms with E-state index in [1.165, 1.54) is 24.3 Å². The normalized spacial score (nSPS) is 10.6. The molecule has 0 bridgehead atoms. The Kier molecular flexibility index (Phi) is 4.66. The molecule has 0 fully saturated rings. The molecule has 0 heterocycles. The molecule has 1 nitrogen and oxygen atoms in total. The summed E-state index contributed by atoms with van der Waals surface area (Å²) in [4.78, 5) is 0. The average Bonchev–Trinajstić information content (AvgIpc) is 2.32. The first-order chi connectivity index (χ1) is 8.95. The summed E-state index contributed by atoms with van der Waals surface area (Å²) in [5.74, 6) is -0.983. The Hall–Kier alpha value is -0.840. The quantitative estimate of drug-likeness (QED) is 0.692.